The van der Waals surface area contributed by atoms with Gasteiger partial charge in [0.05, 0.1) is 0 Å². The molecular formula is C13H22BrN3. The van der Waals surface area contributed by atoms with Gasteiger partial charge in [0.1, 0.15) is 0 Å². The fourth-order valence-corrected chi connectivity index (χ4v) is 2.33. The molecule has 4 heteroatoms. The van der Waals surface area contributed by atoms with E-state index in [1.807, 2.05) is 18.2 Å². The van der Waals surface area contributed by atoms with Gasteiger partial charge >= 0.3 is 0 Å². The quantitative estimate of drug-likeness (QED) is 0.312. The zero-order chi connectivity index (χ0) is 12.7. The van der Waals surface area contributed by atoms with Crippen LogP contribution in [0.25, 0.3) is 0 Å². The fraction of sp³-hybridized carbons (Fsp3) is 0.538. The molecule has 5 N–H and O–H groups in total. The van der Waals surface area contributed by atoms with E-state index in [-0.39, 0.29) is 6.04 Å². The van der Waals surface area contributed by atoms with Crippen molar-refractivity contribution in [2.24, 2.45) is 5.84 Å². The molecule has 0 radical (unpaired) electrons. The number of nitrogens with two attached hydrogens (primary N) is 2. The zero-order valence-corrected chi connectivity index (χ0v) is 12.0. The minimum absolute atomic E-state index is 0.143. The molecule has 0 fully saturated rings. The number of nitrogens with one attached hydrogen (secondary N) is 1. The van der Waals surface area contributed by atoms with Gasteiger partial charge in [0.2, 0.25) is 0 Å². The van der Waals surface area contributed by atoms with Crippen LogP contribution in [0.2, 0.25) is 0 Å². The summed E-state index contributed by atoms with van der Waals surface area (Å²) in [5.41, 5.74) is 10.7. The van der Waals surface area contributed by atoms with E-state index in [0.717, 1.165) is 22.1 Å². The standard InChI is InChI=1S/C13H22BrN3/c1-2-3-4-5-6-13(17-16)11-9-10(14)7-8-12(11)15/h7-9,13,17H,2-6,15-16H2,1H3. The van der Waals surface area contributed by atoms with Gasteiger partial charge in [-0.1, -0.05) is 48.5 Å². The van der Waals surface area contributed by atoms with Crippen molar-refractivity contribution in [3.8, 4) is 0 Å². The molecule has 1 aromatic rings. The van der Waals surface area contributed by atoms with Crippen LogP contribution in [0.1, 0.15) is 50.6 Å². The summed E-state index contributed by atoms with van der Waals surface area (Å²) >= 11 is 3.46. The van der Waals surface area contributed by atoms with Crippen LogP contribution in [0.5, 0.6) is 0 Å². The highest BCUT2D eigenvalue weighted by molar-refractivity contribution is 9.10. The second kappa shape index (κ2) is 7.69. The van der Waals surface area contributed by atoms with Gasteiger partial charge < -0.3 is 5.73 Å². The van der Waals surface area contributed by atoms with Crippen molar-refractivity contribution in [3.05, 3.63) is 28.2 Å². The summed E-state index contributed by atoms with van der Waals surface area (Å²) in [6, 6.07) is 6.04. The summed E-state index contributed by atoms with van der Waals surface area (Å²) in [5, 5.41) is 0. The van der Waals surface area contributed by atoms with Crippen molar-refractivity contribution < 1.29 is 0 Å². The van der Waals surface area contributed by atoms with Crippen LogP contribution in [-0.4, -0.2) is 0 Å². The Morgan fingerprint density at radius 2 is 2.06 bits per heavy atom. The first kappa shape index (κ1) is 14.5. The van der Waals surface area contributed by atoms with Gasteiger partial charge in [-0.2, -0.15) is 0 Å². The minimum atomic E-state index is 0.143. The lowest BCUT2D eigenvalue weighted by molar-refractivity contribution is 0.483. The molecular weight excluding hydrogens is 278 g/mol. The SMILES string of the molecule is CCCCCCC(NN)c1cc(Br)ccc1N. The van der Waals surface area contributed by atoms with E-state index < -0.39 is 0 Å². The lowest BCUT2D eigenvalue weighted by atomic mass is 9.99. The summed E-state index contributed by atoms with van der Waals surface area (Å²) < 4.78 is 1.04. The van der Waals surface area contributed by atoms with Crippen molar-refractivity contribution in [3.63, 3.8) is 0 Å². The van der Waals surface area contributed by atoms with Gasteiger partial charge in [-0.25, -0.2) is 0 Å². The topological polar surface area (TPSA) is 64.1 Å². The molecule has 0 heterocycles. The van der Waals surface area contributed by atoms with Crippen LogP contribution in [-0.2, 0) is 0 Å². The fourth-order valence-electron chi connectivity index (χ4n) is 1.95. The third-order valence-electron chi connectivity index (χ3n) is 2.97. The maximum atomic E-state index is 5.98. The summed E-state index contributed by atoms with van der Waals surface area (Å²) in [6.45, 7) is 2.21. The van der Waals surface area contributed by atoms with Gasteiger partial charge in [-0.3, -0.25) is 11.3 Å². The Kier molecular flexibility index (Phi) is 6.55. The number of unbranched alkanes of at least 4 members (excludes halogenated alkanes) is 3. The van der Waals surface area contributed by atoms with Crippen LogP contribution in [0, 0.1) is 0 Å². The number of hydrazine groups is 1. The number of nitrogen functional groups attached to an aromatic ring is 1. The van der Waals surface area contributed by atoms with E-state index in [1.165, 1.54) is 25.7 Å². The van der Waals surface area contributed by atoms with Crippen LogP contribution in [0.3, 0.4) is 0 Å². The van der Waals surface area contributed by atoms with Crippen molar-refractivity contribution in [2.45, 2.75) is 45.1 Å². The molecule has 1 rings (SSSR count). The molecule has 0 saturated heterocycles. The molecule has 0 spiro atoms. The highest BCUT2D eigenvalue weighted by Gasteiger charge is 2.12. The first-order valence-corrected chi connectivity index (χ1v) is 6.99. The van der Waals surface area contributed by atoms with Crippen molar-refractivity contribution >= 4 is 21.6 Å². The van der Waals surface area contributed by atoms with Crippen LogP contribution >= 0.6 is 15.9 Å². The van der Waals surface area contributed by atoms with Gasteiger partial charge in [0, 0.05) is 16.2 Å². The van der Waals surface area contributed by atoms with E-state index >= 15 is 0 Å². The minimum Gasteiger partial charge on any atom is -0.398 e. The second-order valence-electron chi connectivity index (χ2n) is 4.34. The average molecular weight is 300 g/mol. The first-order chi connectivity index (χ1) is 8.19. The number of hydrogen-bond acceptors (Lipinski definition) is 3. The molecule has 17 heavy (non-hydrogen) atoms. The third-order valence-corrected chi connectivity index (χ3v) is 3.47. The van der Waals surface area contributed by atoms with E-state index in [2.05, 4.69) is 28.3 Å². The van der Waals surface area contributed by atoms with Crippen LogP contribution < -0.4 is 17.0 Å². The molecule has 0 aromatic heterocycles. The predicted octanol–water partition coefficient (Wildman–Crippen LogP) is 3.51. The number of rotatable bonds is 7. The van der Waals surface area contributed by atoms with Crippen molar-refractivity contribution in [1.82, 2.24) is 5.43 Å². The average Bonchev–Trinajstić information content (AvgIpc) is 2.33. The predicted molar refractivity (Wildman–Crippen MR) is 77.4 cm³/mol. The summed E-state index contributed by atoms with van der Waals surface area (Å²) in [6.07, 6.45) is 5.99. The van der Waals surface area contributed by atoms with Gasteiger partial charge in [0.25, 0.3) is 0 Å². The van der Waals surface area contributed by atoms with Gasteiger partial charge in [-0.15, -0.1) is 0 Å². The largest absolute Gasteiger partial charge is 0.398 e. The van der Waals surface area contributed by atoms with Crippen LogP contribution in [0.15, 0.2) is 22.7 Å². The molecule has 96 valence electrons. The Morgan fingerprint density at radius 1 is 1.29 bits per heavy atom. The molecule has 1 unspecified atom stereocenters. The molecule has 0 bridgehead atoms. The third kappa shape index (κ3) is 4.66. The van der Waals surface area contributed by atoms with Gasteiger partial charge in [0.15, 0.2) is 0 Å². The van der Waals surface area contributed by atoms with E-state index in [0.29, 0.717) is 0 Å². The van der Waals surface area contributed by atoms with E-state index in [1.54, 1.807) is 0 Å². The molecule has 0 aliphatic heterocycles. The Morgan fingerprint density at radius 3 is 2.71 bits per heavy atom. The van der Waals surface area contributed by atoms with Crippen molar-refractivity contribution in [2.75, 3.05) is 5.73 Å². The Hall–Kier alpha value is -0.580. The number of halogens is 1. The molecule has 0 amide bonds. The summed E-state index contributed by atoms with van der Waals surface area (Å²) in [4.78, 5) is 0. The molecule has 1 aromatic carbocycles. The molecule has 0 saturated carbocycles. The summed E-state index contributed by atoms with van der Waals surface area (Å²) in [7, 11) is 0. The molecule has 0 aliphatic rings. The smallest absolute Gasteiger partial charge is 0.0480 e. The molecule has 1 atom stereocenters. The maximum absolute atomic E-state index is 5.98. The lowest BCUT2D eigenvalue weighted by Gasteiger charge is -2.18. The Balaban J connectivity index is 2.62. The second-order valence-corrected chi connectivity index (χ2v) is 5.26. The first-order valence-electron chi connectivity index (χ1n) is 6.20. The van der Waals surface area contributed by atoms with E-state index in [4.69, 9.17) is 11.6 Å². The monoisotopic (exact) mass is 299 g/mol. The van der Waals surface area contributed by atoms with E-state index in [9.17, 15) is 0 Å². The Bertz CT molecular complexity index is 341. The van der Waals surface area contributed by atoms with Crippen LogP contribution in [0.4, 0.5) is 5.69 Å². The molecule has 0 aliphatic carbocycles. The zero-order valence-electron chi connectivity index (χ0n) is 10.4. The number of benzene rings is 1. The maximum Gasteiger partial charge on any atom is 0.0480 e. The summed E-state index contributed by atoms with van der Waals surface area (Å²) in [5.74, 6) is 5.62. The number of hydrogen-bond donors (Lipinski definition) is 3. The van der Waals surface area contributed by atoms with Gasteiger partial charge in [-0.05, 0) is 30.2 Å². The number of anilines is 1. The highest BCUT2D eigenvalue weighted by Crippen LogP contribution is 2.27. The van der Waals surface area contributed by atoms with Crippen molar-refractivity contribution in [1.29, 1.82) is 0 Å². The normalized spacial score (nSPS) is 12.6. The lowest BCUT2D eigenvalue weighted by Crippen LogP contribution is -2.28. The Labute approximate surface area is 112 Å². The molecule has 3 nitrogen and oxygen atoms in total. The highest BCUT2D eigenvalue weighted by atomic mass is 79.9.